The number of aromatic nitrogens is 1. The number of hydrogen-bond donors (Lipinski definition) is 0. The number of carbonyl (C=O) groups excluding carboxylic acids is 1. The highest BCUT2D eigenvalue weighted by Crippen LogP contribution is 2.27. The molecule has 29 heavy (non-hydrogen) atoms. The summed E-state index contributed by atoms with van der Waals surface area (Å²) in [6.07, 6.45) is 5.40. The molecule has 0 spiro atoms. The standard InChI is InChI=1S/C22H14F2N2O2S/c1-3-8-26-20-17(24)11-15(23)12-19(20)29-22(26)25-21(27)16-9-13-6-4-5-7-14(13)10-18(16)28-2/h1,4-7,9-12H,8H2,2H3. The van der Waals surface area contributed by atoms with Crippen LogP contribution < -0.4 is 9.54 Å². The van der Waals surface area contributed by atoms with Crippen LogP contribution in [0.25, 0.3) is 21.0 Å². The molecule has 0 unspecified atom stereocenters. The molecule has 0 radical (unpaired) electrons. The van der Waals surface area contributed by atoms with Crippen LogP contribution in [-0.4, -0.2) is 17.6 Å². The second-order valence-electron chi connectivity index (χ2n) is 6.23. The molecule has 0 aliphatic heterocycles. The number of amides is 1. The maximum Gasteiger partial charge on any atom is 0.283 e. The first kappa shape index (κ1) is 18.8. The van der Waals surface area contributed by atoms with E-state index >= 15 is 0 Å². The van der Waals surface area contributed by atoms with Crippen LogP contribution in [0, 0.1) is 24.0 Å². The van der Waals surface area contributed by atoms with E-state index in [4.69, 9.17) is 11.2 Å². The number of halogens is 2. The molecule has 0 aliphatic carbocycles. The third-order valence-electron chi connectivity index (χ3n) is 4.44. The first-order chi connectivity index (χ1) is 14.0. The van der Waals surface area contributed by atoms with Crippen molar-refractivity contribution in [2.45, 2.75) is 6.54 Å². The molecule has 0 saturated carbocycles. The number of benzene rings is 3. The number of thiazole rings is 1. The molecule has 0 bridgehead atoms. The van der Waals surface area contributed by atoms with Crippen LogP contribution in [-0.2, 0) is 6.54 Å². The fourth-order valence-electron chi connectivity index (χ4n) is 3.15. The molecule has 4 aromatic rings. The van der Waals surface area contributed by atoms with E-state index in [2.05, 4.69) is 10.9 Å². The zero-order valence-corrected chi connectivity index (χ0v) is 16.1. The fourth-order valence-corrected chi connectivity index (χ4v) is 4.22. The number of hydrogen-bond acceptors (Lipinski definition) is 3. The summed E-state index contributed by atoms with van der Waals surface area (Å²) in [4.78, 5) is 17.3. The molecule has 7 heteroatoms. The van der Waals surface area contributed by atoms with Crippen LogP contribution in [0.4, 0.5) is 8.78 Å². The molecule has 4 nitrogen and oxygen atoms in total. The van der Waals surface area contributed by atoms with Gasteiger partial charge in [-0.1, -0.05) is 41.5 Å². The monoisotopic (exact) mass is 408 g/mol. The Balaban J connectivity index is 1.93. The number of rotatable bonds is 3. The van der Waals surface area contributed by atoms with Gasteiger partial charge in [0.1, 0.15) is 11.6 Å². The lowest BCUT2D eigenvalue weighted by molar-refractivity contribution is 0.0995. The van der Waals surface area contributed by atoms with Crippen molar-refractivity contribution in [1.82, 2.24) is 4.57 Å². The lowest BCUT2D eigenvalue weighted by Crippen LogP contribution is -2.17. The Kier molecular flexibility index (Phi) is 4.87. The van der Waals surface area contributed by atoms with Gasteiger partial charge >= 0.3 is 0 Å². The zero-order valence-electron chi connectivity index (χ0n) is 15.3. The molecule has 4 rings (SSSR count). The Morgan fingerprint density at radius 1 is 1.21 bits per heavy atom. The van der Waals surface area contributed by atoms with Crippen LogP contribution in [0.1, 0.15) is 10.4 Å². The number of nitrogens with zero attached hydrogens (tertiary/aromatic N) is 2. The van der Waals surface area contributed by atoms with Crippen molar-refractivity contribution in [2.75, 3.05) is 7.11 Å². The highest BCUT2D eigenvalue weighted by atomic mass is 32.1. The summed E-state index contributed by atoms with van der Waals surface area (Å²) >= 11 is 0.991. The second kappa shape index (κ2) is 7.49. The van der Waals surface area contributed by atoms with Crippen LogP contribution >= 0.6 is 11.3 Å². The quantitative estimate of drug-likeness (QED) is 0.468. The van der Waals surface area contributed by atoms with Gasteiger partial charge in [0.25, 0.3) is 5.91 Å². The van der Waals surface area contributed by atoms with E-state index in [0.717, 1.165) is 28.2 Å². The lowest BCUT2D eigenvalue weighted by Gasteiger charge is -2.07. The summed E-state index contributed by atoms with van der Waals surface area (Å²) in [5, 5.41) is 1.77. The molecule has 0 aliphatic rings. The van der Waals surface area contributed by atoms with E-state index < -0.39 is 17.5 Å². The van der Waals surface area contributed by atoms with E-state index in [1.54, 1.807) is 12.1 Å². The lowest BCUT2D eigenvalue weighted by atomic mass is 10.1. The van der Waals surface area contributed by atoms with Gasteiger partial charge in [-0.05, 0) is 29.0 Å². The normalized spacial score (nSPS) is 11.7. The van der Waals surface area contributed by atoms with Gasteiger partial charge in [-0.3, -0.25) is 4.79 Å². The van der Waals surface area contributed by atoms with E-state index in [-0.39, 0.29) is 22.4 Å². The maximum atomic E-state index is 14.3. The molecule has 144 valence electrons. The van der Waals surface area contributed by atoms with Crippen molar-refractivity contribution in [1.29, 1.82) is 0 Å². The van der Waals surface area contributed by atoms with Crippen LogP contribution in [0.3, 0.4) is 0 Å². The Labute approximate surface area is 168 Å². The first-order valence-corrected chi connectivity index (χ1v) is 9.41. The van der Waals surface area contributed by atoms with E-state index in [1.165, 1.54) is 17.7 Å². The zero-order chi connectivity index (χ0) is 20.5. The van der Waals surface area contributed by atoms with Gasteiger partial charge in [0, 0.05) is 6.07 Å². The molecule has 1 amide bonds. The van der Waals surface area contributed by atoms with E-state index in [1.807, 2.05) is 24.3 Å². The number of carbonyl (C=O) groups is 1. The molecular formula is C22H14F2N2O2S. The van der Waals surface area contributed by atoms with Gasteiger partial charge in [0.05, 0.1) is 29.4 Å². The number of methoxy groups -OCH3 is 1. The van der Waals surface area contributed by atoms with Crippen molar-refractivity contribution >= 4 is 38.2 Å². The number of terminal acetylenes is 1. The summed E-state index contributed by atoms with van der Waals surface area (Å²) in [5.74, 6) is 0.757. The van der Waals surface area contributed by atoms with Gasteiger partial charge in [0.2, 0.25) is 0 Å². The highest BCUT2D eigenvalue weighted by molar-refractivity contribution is 7.16. The average molecular weight is 408 g/mol. The van der Waals surface area contributed by atoms with Crippen LogP contribution in [0.2, 0.25) is 0 Å². The third kappa shape index (κ3) is 3.39. The summed E-state index contributed by atoms with van der Waals surface area (Å²) in [6, 6.07) is 13.0. The minimum absolute atomic E-state index is 0.0104. The van der Waals surface area contributed by atoms with Crippen LogP contribution in [0.15, 0.2) is 53.5 Å². The first-order valence-electron chi connectivity index (χ1n) is 8.59. The number of ether oxygens (including phenoxy) is 1. The summed E-state index contributed by atoms with van der Waals surface area (Å²) < 4.78 is 35.0. The van der Waals surface area contributed by atoms with Gasteiger partial charge in [-0.15, -0.1) is 6.42 Å². The summed E-state index contributed by atoms with van der Waals surface area (Å²) in [5.41, 5.74) is 0.383. The minimum atomic E-state index is -0.760. The maximum absolute atomic E-state index is 14.3. The van der Waals surface area contributed by atoms with Gasteiger partial charge < -0.3 is 9.30 Å². The van der Waals surface area contributed by atoms with Gasteiger partial charge in [-0.25, -0.2) is 8.78 Å². The Morgan fingerprint density at radius 2 is 1.93 bits per heavy atom. The Morgan fingerprint density at radius 3 is 2.62 bits per heavy atom. The molecule has 0 fully saturated rings. The molecule has 1 aromatic heterocycles. The van der Waals surface area contributed by atoms with E-state index in [9.17, 15) is 13.6 Å². The van der Waals surface area contributed by atoms with Crippen molar-refractivity contribution in [2.24, 2.45) is 4.99 Å². The van der Waals surface area contributed by atoms with Gasteiger partial charge in [0.15, 0.2) is 10.6 Å². The molecule has 1 heterocycles. The molecule has 0 saturated heterocycles. The van der Waals surface area contributed by atoms with E-state index in [0.29, 0.717) is 10.4 Å². The predicted molar refractivity (Wildman–Crippen MR) is 109 cm³/mol. The molecular weight excluding hydrogens is 394 g/mol. The smallest absolute Gasteiger partial charge is 0.283 e. The summed E-state index contributed by atoms with van der Waals surface area (Å²) in [7, 11) is 1.47. The highest BCUT2D eigenvalue weighted by Gasteiger charge is 2.16. The van der Waals surface area contributed by atoms with Crippen molar-refractivity contribution < 1.29 is 18.3 Å². The predicted octanol–water partition coefficient (Wildman–Crippen LogP) is 4.52. The van der Waals surface area contributed by atoms with Crippen LogP contribution in [0.5, 0.6) is 5.75 Å². The second-order valence-corrected chi connectivity index (χ2v) is 7.23. The fraction of sp³-hybridized carbons (Fsp3) is 0.0909. The van der Waals surface area contributed by atoms with Crippen molar-refractivity contribution in [3.8, 4) is 18.1 Å². The van der Waals surface area contributed by atoms with Gasteiger partial charge in [-0.2, -0.15) is 4.99 Å². The topological polar surface area (TPSA) is 43.6 Å². The number of fused-ring (bicyclic) bond motifs is 2. The third-order valence-corrected chi connectivity index (χ3v) is 5.47. The summed E-state index contributed by atoms with van der Waals surface area (Å²) in [6.45, 7) is -0.0104. The average Bonchev–Trinajstić information content (AvgIpc) is 3.04. The molecule has 0 atom stereocenters. The largest absolute Gasteiger partial charge is 0.496 e. The Hall–Kier alpha value is -3.50. The SMILES string of the molecule is C#CCn1c(=NC(=O)c2cc3ccccc3cc2OC)sc2cc(F)cc(F)c21. The van der Waals surface area contributed by atoms with Crippen molar-refractivity contribution in [3.05, 3.63) is 70.5 Å². The molecule has 0 N–H and O–H groups in total. The molecule has 3 aromatic carbocycles. The Bertz CT molecular complexity index is 1380. The minimum Gasteiger partial charge on any atom is -0.496 e. The van der Waals surface area contributed by atoms with Crippen molar-refractivity contribution in [3.63, 3.8) is 0 Å².